The maximum atomic E-state index is 11.0. The highest BCUT2D eigenvalue weighted by molar-refractivity contribution is 5.56. The molecule has 0 spiro atoms. The van der Waals surface area contributed by atoms with Crippen LogP contribution in [-0.4, -0.2) is 42.1 Å². The summed E-state index contributed by atoms with van der Waals surface area (Å²) in [6.45, 7) is 2.34. The average Bonchev–Trinajstić information content (AvgIpc) is 2.94. The maximum absolute atomic E-state index is 11.0. The topological polar surface area (TPSA) is 67.6 Å². The molecule has 0 bridgehead atoms. The molecule has 21 heavy (non-hydrogen) atoms. The molecule has 0 aromatic heterocycles. The van der Waals surface area contributed by atoms with Gasteiger partial charge in [0, 0.05) is 36.4 Å². The second-order valence-electron chi connectivity index (χ2n) is 5.87. The first-order valence-electron chi connectivity index (χ1n) is 7.50. The van der Waals surface area contributed by atoms with Crippen molar-refractivity contribution in [1.82, 2.24) is 4.90 Å². The number of fused-ring (bicyclic) bond motifs is 1. The molecular formula is C15H21N3O3. The van der Waals surface area contributed by atoms with E-state index in [-0.39, 0.29) is 10.6 Å². The Labute approximate surface area is 124 Å². The third-order valence-electron chi connectivity index (χ3n) is 4.53. The minimum absolute atomic E-state index is 0.0650. The number of nitrogens with zero attached hydrogens (tertiary/aromatic N) is 2. The molecule has 0 amide bonds. The summed E-state index contributed by atoms with van der Waals surface area (Å²) in [5.41, 5.74) is 0.840. The molecule has 1 N–H and O–H groups in total. The number of non-ortho nitro benzene ring substituents is 1. The lowest BCUT2D eigenvalue weighted by Crippen LogP contribution is -2.42. The SMILES string of the molecule is COc1cc(NC2CCN3CCCC3C2)cc([N+](=O)[O-])c1. The molecule has 0 radical (unpaired) electrons. The summed E-state index contributed by atoms with van der Waals surface area (Å²) >= 11 is 0. The number of piperidine rings is 1. The van der Waals surface area contributed by atoms with E-state index < -0.39 is 0 Å². The van der Waals surface area contributed by atoms with Gasteiger partial charge in [-0.3, -0.25) is 10.1 Å². The third-order valence-corrected chi connectivity index (χ3v) is 4.53. The van der Waals surface area contributed by atoms with E-state index >= 15 is 0 Å². The molecule has 1 aromatic carbocycles. The summed E-state index contributed by atoms with van der Waals surface area (Å²) in [5.74, 6) is 0.519. The lowest BCUT2D eigenvalue weighted by molar-refractivity contribution is -0.384. The van der Waals surface area contributed by atoms with Crippen molar-refractivity contribution in [3.05, 3.63) is 28.3 Å². The first-order chi connectivity index (χ1) is 10.2. The van der Waals surface area contributed by atoms with Gasteiger partial charge in [-0.1, -0.05) is 0 Å². The van der Waals surface area contributed by atoms with E-state index in [1.54, 1.807) is 6.07 Å². The fourth-order valence-electron chi connectivity index (χ4n) is 3.48. The van der Waals surface area contributed by atoms with Crippen LogP contribution in [-0.2, 0) is 0 Å². The number of hydrogen-bond donors (Lipinski definition) is 1. The van der Waals surface area contributed by atoms with Crippen molar-refractivity contribution < 1.29 is 9.66 Å². The van der Waals surface area contributed by atoms with Crippen LogP contribution < -0.4 is 10.1 Å². The second-order valence-corrected chi connectivity index (χ2v) is 5.87. The number of hydrogen-bond acceptors (Lipinski definition) is 5. The summed E-state index contributed by atoms with van der Waals surface area (Å²) in [7, 11) is 1.53. The first-order valence-corrected chi connectivity index (χ1v) is 7.50. The van der Waals surface area contributed by atoms with Gasteiger partial charge in [-0.25, -0.2) is 0 Å². The summed E-state index contributed by atoms with van der Waals surface area (Å²) < 4.78 is 5.15. The predicted octanol–water partition coefficient (Wildman–Crippen LogP) is 2.64. The Morgan fingerprint density at radius 1 is 1.33 bits per heavy atom. The van der Waals surface area contributed by atoms with E-state index in [1.165, 1.54) is 32.6 Å². The van der Waals surface area contributed by atoms with E-state index in [0.29, 0.717) is 17.8 Å². The zero-order valence-electron chi connectivity index (χ0n) is 12.2. The van der Waals surface area contributed by atoms with Gasteiger partial charge in [-0.2, -0.15) is 0 Å². The molecule has 1 aromatic rings. The van der Waals surface area contributed by atoms with Gasteiger partial charge < -0.3 is 15.0 Å². The van der Waals surface area contributed by atoms with E-state index in [9.17, 15) is 10.1 Å². The highest BCUT2D eigenvalue weighted by Crippen LogP contribution is 2.31. The zero-order chi connectivity index (χ0) is 14.8. The second kappa shape index (κ2) is 5.89. The predicted molar refractivity (Wildman–Crippen MR) is 80.9 cm³/mol. The molecule has 6 heteroatoms. The summed E-state index contributed by atoms with van der Waals surface area (Å²) in [5, 5.41) is 14.4. The number of ether oxygens (including phenoxy) is 1. The van der Waals surface area contributed by atoms with E-state index in [2.05, 4.69) is 10.2 Å². The average molecular weight is 291 g/mol. The smallest absolute Gasteiger partial charge is 0.275 e. The van der Waals surface area contributed by atoms with Crippen molar-refractivity contribution in [3.8, 4) is 5.75 Å². The molecule has 2 saturated heterocycles. The van der Waals surface area contributed by atoms with Crippen LogP contribution in [0.15, 0.2) is 18.2 Å². The standard InChI is InChI=1S/C15H21N3O3/c1-21-15-9-12(8-14(10-15)18(19)20)16-11-4-6-17-5-2-3-13(17)7-11/h8-11,13,16H,2-7H2,1H3. The fourth-order valence-corrected chi connectivity index (χ4v) is 3.48. The normalized spacial score (nSPS) is 25.4. The quantitative estimate of drug-likeness (QED) is 0.682. The molecule has 2 aliphatic heterocycles. The lowest BCUT2D eigenvalue weighted by Gasteiger charge is -2.35. The number of benzene rings is 1. The molecule has 2 fully saturated rings. The van der Waals surface area contributed by atoms with Gasteiger partial charge >= 0.3 is 0 Å². The Kier molecular flexibility index (Phi) is 3.96. The number of nitrogens with one attached hydrogen (secondary N) is 1. The zero-order valence-corrected chi connectivity index (χ0v) is 12.2. The molecule has 0 saturated carbocycles. The maximum Gasteiger partial charge on any atom is 0.275 e. The van der Waals surface area contributed by atoms with E-state index in [1.807, 2.05) is 6.07 Å². The van der Waals surface area contributed by atoms with Crippen molar-refractivity contribution in [3.63, 3.8) is 0 Å². The van der Waals surface area contributed by atoms with E-state index in [4.69, 9.17) is 4.74 Å². The Morgan fingerprint density at radius 2 is 2.19 bits per heavy atom. The Morgan fingerprint density at radius 3 is 2.95 bits per heavy atom. The van der Waals surface area contributed by atoms with Crippen LogP contribution >= 0.6 is 0 Å². The highest BCUT2D eigenvalue weighted by Gasteiger charge is 2.31. The minimum atomic E-state index is -0.382. The molecule has 2 aliphatic rings. The number of rotatable bonds is 4. The van der Waals surface area contributed by atoms with E-state index in [0.717, 1.165) is 25.1 Å². The summed E-state index contributed by atoms with van der Waals surface area (Å²) in [6.07, 6.45) is 4.77. The van der Waals surface area contributed by atoms with Crippen molar-refractivity contribution in [2.75, 3.05) is 25.5 Å². The summed E-state index contributed by atoms with van der Waals surface area (Å²) in [4.78, 5) is 13.2. The molecular weight excluding hydrogens is 270 g/mol. The molecule has 2 unspecified atom stereocenters. The Hall–Kier alpha value is -1.82. The molecule has 2 atom stereocenters. The Bertz CT molecular complexity index is 535. The Balaban J connectivity index is 1.72. The van der Waals surface area contributed by atoms with Crippen LogP contribution in [0.3, 0.4) is 0 Å². The number of methoxy groups -OCH3 is 1. The molecule has 114 valence electrons. The lowest BCUT2D eigenvalue weighted by atomic mass is 9.97. The van der Waals surface area contributed by atoms with Crippen molar-refractivity contribution in [2.45, 2.75) is 37.8 Å². The van der Waals surface area contributed by atoms with Crippen molar-refractivity contribution >= 4 is 11.4 Å². The van der Waals surface area contributed by atoms with Crippen LogP contribution in [0.5, 0.6) is 5.75 Å². The molecule has 0 aliphatic carbocycles. The van der Waals surface area contributed by atoms with Crippen LogP contribution in [0.25, 0.3) is 0 Å². The van der Waals surface area contributed by atoms with Gasteiger partial charge in [0.05, 0.1) is 18.1 Å². The largest absolute Gasteiger partial charge is 0.496 e. The van der Waals surface area contributed by atoms with Gasteiger partial charge in [0.25, 0.3) is 5.69 Å². The van der Waals surface area contributed by atoms with Crippen LogP contribution in [0, 0.1) is 10.1 Å². The monoisotopic (exact) mass is 291 g/mol. The fraction of sp³-hybridized carbons (Fsp3) is 0.600. The third kappa shape index (κ3) is 3.10. The van der Waals surface area contributed by atoms with Crippen LogP contribution in [0.4, 0.5) is 11.4 Å². The van der Waals surface area contributed by atoms with Crippen LogP contribution in [0.2, 0.25) is 0 Å². The van der Waals surface area contributed by atoms with Crippen molar-refractivity contribution in [1.29, 1.82) is 0 Å². The molecule has 2 heterocycles. The molecule has 3 rings (SSSR count). The molecule has 6 nitrogen and oxygen atoms in total. The first kappa shape index (κ1) is 14.1. The van der Waals surface area contributed by atoms with Gasteiger partial charge in [0.15, 0.2) is 0 Å². The van der Waals surface area contributed by atoms with Gasteiger partial charge in [0.1, 0.15) is 5.75 Å². The van der Waals surface area contributed by atoms with Crippen LogP contribution in [0.1, 0.15) is 25.7 Å². The highest BCUT2D eigenvalue weighted by atomic mass is 16.6. The van der Waals surface area contributed by atoms with Gasteiger partial charge in [-0.05, 0) is 32.2 Å². The van der Waals surface area contributed by atoms with Gasteiger partial charge in [-0.15, -0.1) is 0 Å². The number of anilines is 1. The summed E-state index contributed by atoms with van der Waals surface area (Å²) in [6, 6.07) is 5.93. The van der Waals surface area contributed by atoms with Crippen molar-refractivity contribution in [2.24, 2.45) is 0 Å². The number of nitro benzene ring substituents is 1. The minimum Gasteiger partial charge on any atom is -0.496 e. The number of nitro groups is 1. The van der Waals surface area contributed by atoms with Gasteiger partial charge in [0.2, 0.25) is 0 Å².